The molecule has 5 nitrogen and oxygen atoms in total. The molecule has 2 atom stereocenters. The molecule has 0 radical (unpaired) electrons. The predicted molar refractivity (Wildman–Crippen MR) is 102 cm³/mol. The van der Waals surface area contributed by atoms with Crippen molar-refractivity contribution in [1.29, 1.82) is 0 Å². The molecule has 27 heavy (non-hydrogen) atoms. The van der Waals surface area contributed by atoms with Gasteiger partial charge in [-0.15, -0.1) is 11.8 Å². The van der Waals surface area contributed by atoms with Gasteiger partial charge in [-0.25, -0.2) is 4.39 Å². The predicted octanol–water partition coefficient (Wildman–Crippen LogP) is 3.72. The highest BCUT2D eigenvalue weighted by Gasteiger charge is 2.41. The molecule has 0 spiro atoms. The minimum atomic E-state index is -0.586. The van der Waals surface area contributed by atoms with Crippen molar-refractivity contribution in [2.45, 2.75) is 38.2 Å². The number of benzene rings is 1. The van der Waals surface area contributed by atoms with E-state index in [-0.39, 0.29) is 35.5 Å². The Balaban J connectivity index is 1.81. The zero-order valence-corrected chi connectivity index (χ0v) is 16.2. The van der Waals surface area contributed by atoms with E-state index >= 15 is 0 Å². The van der Waals surface area contributed by atoms with Crippen LogP contribution in [0.3, 0.4) is 0 Å². The number of hydrogen-bond donors (Lipinski definition) is 1. The fourth-order valence-corrected chi connectivity index (χ4v) is 4.38. The first-order valence-electron chi connectivity index (χ1n) is 8.94. The molecule has 144 valence electrons. The lowest BCUT2D eigenvalue weighted by molar-refractivity contribution is -0.139. The number of carbonyl (C=O) groups excluding carboxylic acids is 2. The lowest BCUT2D eigenvalue weighted by Gasteiger charge is -2.33. The van der Waals surface area contributed by atoms with Gasteiger partial charge in [0.1, 0.15) is 23.0 Å². The molecule has 2 amide bonds. The number of carbonyl (C=O) groups is 2. The molecule has 2 aromatic rings. The average molecular weight is 390 g/mol. The quantitative estimate of drug-likeness (QED) is 0.783. The summed E-state index contributed by atoms with van der Waals surface area (Å²) in [6, 6.07) is 9.07. The number of furan rings is 1. The first-order valence-corrected chi connectivity index (χ1v) is 9.99. The molecule has 1 fully saturated rings. The van der Waals surface area contributed by atoms with Gasteiger partial charge in [-0.3, -0.25) is 9.59 Å². The van der Waals surface area contributed by atoms with Gasteiger partial charge in [-0.05, 0) is 42.2 Å². The van der Waals surface area contributed by atoms with Gasteiger partial charge in [0.2, 0.25) is 11.8 Å². The molecule has 1 N–H and O–H groups in total. The number of rotatable bonds is 7. The molecule has 1 saturated heterocycles. The average Bonchev–Trinajstić information content (AvgIpc) is 3.28. The maximum atomic E-state index is 13.3. The first kappa shape index (κ1) is 19.5. The minimum absolute atomic E-state index is 0.0758. The van der Waals surface area contributed by atoms with E-state index in [0.29, 0.717) is 17.9 Å². The lowest BCUT2D eigenvalue weighted by atomic mass is 10.0. The van der Waals surface area contributed by atoms with Crippen LogP contribution in [0, 0.1) is 11.7 Å². The van der Waals surface area contributed by atoms with Gasteiger partial charge in [-0.1, -0.05) is 26.0 Å². The molecule has 0 saturated carbocycles. The fraction of sp³-hybridized carbons (Fsp3) is 0.400. The van der Waals surface area contributed by atoms with Gasteiger partial charge < -0.3 is 14.6 Å². The summed E-state index contributed by atoms with van der Waals surface area (Å²) in [6.45, 7) is 4.32. The van der Waals surface area contributed by atoms with Crippen molar-refractivity contribution in [1.82, 2.24) is 10.2 Å². The molecular formula is C20H23FN2O3S. The van der Waals surface area contributed by atoms with Crippen LogP contribution >= 0.6 is 11.8 Å². The third-order valence-corrected chi connectivity index (χ3v) is 5.64. The number of nitrogens with one attached hydrogen (secondary N) is 1. The minimum Gasteiger partial charge on any atom is -0.467 e. The van der Waals surface area contributed by atoms with Gasteiger partial charge in [0.15, 0.2) is 0 Å². The number of amides is 2. The summed E-state index contributed by atoms with van der Waals surface area (Å²) < 4.78 is 18.5. The van der Waals surface area contributed by atoms with Crippen LogP contribution in [0.4, 0.5) is 4.39 Å². The summed E-state index contributed by atoms with van der Waals surface area (Å²) in [6.07, 6.45) is 2.10. The molecule has 1 aliphatic rings. The summed E-state index contributed by atoms with van der Waals surface area (Å²) in [7, 11) is 0. The highest BCUT2D eigenvalue weighted by atomic mass is 32.2. The molecule has 7 heteroatoms. The number of hydrogen-bond acceptors (Lipinski definition) is 4. The van der Waals surface area contributed by atoms with E-state index in [1.54, 1.807) is 35.4 Å². The number of nitrogens with zero attached hydrogens (tertiary/aromatic N) is 1. The molecule has 0 aliphatic carbocycles. The van der Waals surface area contributed by atoms with Crippen LogP contribution in [0.25, 0.3) is 0 Å². The van der Waals surface area contributed by atoms with E-state index in [9.17, 15) is 14.0 Å². The van der Waals surface area contributed by atoms with E-state index < -0.39 is 6.04 Å². The Hall–Kier alpha value is -2.28. The zero-order valence-electron chi connectivity index (χ0n) is 15.4. The standard InChI is InChI=1S/C20H23FN2O3S/c1-13(2)10-17(19(25)22-11-16-4-3-9-26-16)23-18(24)12-27-20(23)14-5-7-15(21)8-6-14/h3-9,13,17,20H,10-12H2,1-2H3,(H,22,25). The highest BCUT2D eigenvalue weighted by Crippen LogP contribution is 2.41. The normalized spacial score (nSPS) is 18.1. The van der Waals surface area contributed by atoms with Gasteiger partial charge >= 0.3 is 0 Å². The van der Waals surface area contributed by atoms with E-state index in [4.69, 9.17) is 4.42 Å². The van der Waals surface area contributed by atoms with Gasteiger partial charge in [0, 0.05) is 0 Å². The molecular weight excluding hydrogens is 367 g/mol. The summed E-state index contributed by atoms with van der Waals surface area (Å²) in [5, 5.41) is 2.58. The van der Waals surface area contributed by atoms with Crippen LogP contribution in [-0.4, -0.2) is 28.5 Å². The van der Waals surface area contributed by atoms with Gasteiger partial charge in [-0.2, -0.15) is 0 Å². The number of halogens is 1. The molecule has 1 aromatic carbocycles. The van der Waals surface area contributed by atoms with Crippen molar-refractivity contribution < 1.29 is 18.4 Å². The molecule has 2 heterocycles. The Morgan fingerprint density at radius 3 is 2.70 bits per heavy atom. The van der Waals surface area contributed by atoms with E-state index in [1.807, 2.05) is 13.8 Å². The second kappa shape index (κ2) is 8.61. The second-order valence-electron chi connectivity index (χ2n) is 6.96. The van der Waals surface area contributed by atoms with Crippen LogP contribution < -0.4 is 5.32 Å². The third kappa shape index (κ3) is 4.71. The van der Waals surface area contributed by atoms with Crippen molar-refractivity contribution in [2.24, 2.45) is 5.92 Å². The van der Waals surface area contributed by atoms with Crippen molar-refractivity contribution in [3.05, 3.63) is 59.8 Å². The first-order chi connectivity index (χ1) is 13.0. The lowest BCUT2D eigenvalue weighted by Crippen LogP contribution is -2.49. The monoisotopic (exact) mass is 390 g/mol. The van der Waals surface area contributed by atoms with E-state index in [2.05, 4.69) is 5.32 Å². The fourth-order valence-electron chi connectivity index (χ4n) is 3.16. The topological polar surface area (TPSA) is 62.6 Å². The maximum Gasteiger partial charge on any atom is 0.243 e. The summed E-state index contributed by atoms with van der Waals surface area (Å²) in [5.74, 6) is 0.591. The van der Waals surface area contributed by atoms with Crippen LogP contribution in [0.5, 0.6) is 0 Å². The molecule has 1 aromatic heterocycles. The van der Waals surface area contributed by atoms with E-state index in [0.717, 1.165) is 5.56 Å². The van der Waals surface area contributed by atoms with Crippen LogP contribution in [-0.2, 0) is 16.1 Å². The Labute approximate surface area is 162 Å². The Morgan fingerprint density at radius 2 is 2.07 bits per heavy atom. The SMILES string of the molecule is CC(C)CC(C(=O)NCc1ccco1)N1C(=O)CSC1c1ccc(F)cc1. The summed E-state index contributed by atoms with van der Waals surface area (Å²) in [4.78, 5) is 27.2. The smallest absolute Gasteiger partial charge is 0.243 e. The Bertz CT molecular complexity index is 777. The van der Waals surface area contributed by atoms with Gasteiger partial charge in [0.25, 0.3) is 0 Å². The third-order valence-electron chi connectivity index (χ3n) is 4.41. The molecule has 0 bridgehead atoms. The molecule has 1 aliphatic heterocycles. The molecule has 2 unspecified atom stereocenters. The highest BCUT2D eigenvalue weighted by molar-refractivity contribution is 8.00. The largest absolute Gasteiger partial charge is 0.467 e. The van der Waals surface area contributed by atoms with Crippen molar-refractivity contribution in [2.75, 3.05) is 5.75 Å². The second-order valence-corrected chi connectivity index (χ2v) is 8.03. The van der Waals surface area contributed by atoms with Crippen LogP contribution in [0.2, 0.25) is 0 Å². The maximum absolute atomic E-state index is 13.3. The Morgan fingerprint density at radius 1 is 1.33 bits per heavy atom. The van der Waals surface area contributed by atoms with E-state index in [1.165, 1.54) is 23.9 Å². The summed E-state index contributed by atoms with van der Waals surface area (Å²) in [5.41, 5.74) is 0.819. The van der Waals surface area contributed by atoms with Crippen molar-refractivity contribution in [3.63, 3.8) is 0 Å². The summed E-state index contributed by atoms with van der Waals surface area (Å²) >= 11 is 1.46. The van der Waals surface area contributed by atoms with Crippen molar-refractivity contribution >= 4 is 23.6 Å². The zero-order chi connectivity index (χ0) is 19.4. The van der Waals surface area contributed by atoms with Crippen molar-refractivity contribution in [3.8, 4) is 0 Å². The Kier molecular flexibility index (Phi) is 6.21. The van der Waals surface area contributed by atoms with Crippen LogP contribution in [0.1, 0.15) is 37.0 Å². The number of thioether (sulfide) groups is 1. The van der Waals surface area contributed by atoms with Gasteiger partial charge in [0.05, 0.1) is 18.6 Å². The van der Waals surface area contributed by atoms with Crippen LogP contribution in [0.15, 0.2) is 47.1 Å². The molecule has 3 rings (SSSR count).